The lowest BCUT2D eigenvalue weighted by molar-refractivity contribution is -0.285. The van der Waals surface area contributed by atoms with E-state index in [9.17, 15) is 37.1 Å². The number of hydrogen-bond acceptors (Lipinski definition) is 13. The van der Waals surface area contributed by atoms with E-state index in [2.05, 4.69) is 0 Å². The molecular weight excluding hydrogens is 1010 g/mol. The molecule has 2 amide bonds. The Morgan fingerprint density at radius 1 is 0.595 bits per heavy atom. The molecule has 4 aliphatic rings. The number of methoxy groups -OCH3 is 3. The number of piperidine rings is 1. The summed E-state index contributed by atoms with van der Waals surface area (Å²) in [6.07, 6.45) is -23.3. The normalized spacial score (nSPS) is 24.8. The first-order valence-corrected chi connectivity index (χ1v) is 23.6. The van der Waals surface area contributed by atoms with Crippen molar-refractivity contribution in [2.75, 3.05) is 34.5 Å². The number of amides is 2. The van der Waals surface area contributed by atoms with E-state index in [-0.39, 0.29) is 38.5 Å². The molecule has 0 bridgehead atoms. The fourth-order valence-corrected chi connectivity index (χ4v) is 10.5. The van der Waals surface area contributed by atoms with Crippen LogP contribution in [-0.4, -0.2) is 135 Å². The lowest BCUT2D eigenvalue weighted by Crippen LogP contribution is -2.56. The van der Waals surface area contributed by atoms with Crippen molar-refractivity contribution < 1.29 is 101 Å². The fourth-order valence-electron chi connectivity index (χ4n) is 10.5. The summed E-state index contributed by atoms with van der Waals surface area (Å²) in [5.41, 5.74) is -13.3. The van der Waals surface area contributed by atoms with E-state index in [1.165, 1.54) is 59.5 Å². The Hall–Kier alpha value is -6.14. The molecule has 0 saturated carbocycles. The average Bonchev–Trinajstić information content (AvgIpc) is 4.00. The van der Waals surface area contributed by atoms with Crippen molar-refractivity contribution in [3.8, 4) is 0 Å². The standard InChI is InChI=1S/C50H53F9N2O13/c1-67-45(48(51,52)53,30-19-9-6-10-20-30)40(62)71-36(37-33-25-17-18-28-60(33)43(65)74-37)27-16-5-4-15-26-34-38(72-41(63)46(68-2,49(54,55)56)31-21-11-7-12-22-31)39(35-29-70-44(66)61(34)35)73-42(64)47(69-3,50(57,58)59)32-23-13-8-14-24-32/h6-14,19-24,33-39H,4-5,15-18,25-29H2,1-3H3/t33-,34-,35-,36+,37+,38-,39-,45-,46-,47-/m1/s1. The van der Waals surface area contributed by atoms with Crippen LogP contribution in [0.25, 0.3) is 0 Å². The van der Waals surface area contributed by atoms with Gasteiger partial charge in [-0.15, -0.1) is 0 Å². The lowest BCUT2D eigenvalue weighted by atomic mass is 9.91. The Bertz CT molecular complexity index is 2450. The zero-order valence-corrected chi connectivity index (χ0v) is 40.1. The molecule has 0 aliphatic carbocycles. The number of cyclic esters (lactones) is 2. The molecule has 4 heterocycles. The number of carbonyl (C=O) groups is 5. The second kappa shape index (κ2) is 22.0. The van der Waals surface area contributed by atoms with E-state index >= 15 is 26.3 Å². The van der Waals surface area contributed by atoms with Gasteiger partial charge in [-0.25, -0.2) is 24.0 Å². The zero-order valence-electron chi connectivity index (χ0n) is 40.1. The van der Waals surface area contributed by atoms with Crippen molar-refractivity contribution in [1.82, 2.24) is 9.80 Å². The highest BCUT2D eigenvalue weighted by molar-refractivity contribution is 5.85. The predicted octanol–water partition coefficient (Wildman–Crippen LogP) is 8.95. The van der Waals surface area contributed by atoms with E-state index in [4.69, 9.17) is 37.9 Å². The first kappa shape index (κ1) is 55.6. The molecule has 15 nitrogen and oxygen atoms in total. The summed E-state index contributed by atoms with van der Waals surface area (Å²) in [7, 11) is 1.87. The van der Waals surface area contributed by atoms with Gasteiger partial charge in [-0.05, 0) is 38.5 Å². The van der Waals surface area contributed by atoms with E-state index in [0.717, 1.165) is 41.3 Å². The summed E-state index contributed by atoms with van der Waals surface area (Å²) in [6.45, 7) is -0.366. The number of ether oxygens (including phenoxy) is 8. The number of nitrogens with zero attached hydrogens (tertiary/aromatic N) is 2. The molecule has 4 aliphatic heterocycles. The smallest absolute Gasteiger partial charge is 0.432 e. The van der Waals surface area contributed by atoms with E-state index in [1.807, 2.05) is 0 Å². The number of carbonyl (C=O) groups excluding carboxylic acids is 5. The maximum absolute atomic E-state index is 15.2. The van der Waals surface area contributed by atoms with Crippen molar-refractivity contribution >= 4 is 30.1 Å². The molecule has 74 heavy (non-hydrogen) atoms. The van der Waals surface area contributed by atoms with Crippen LogP contribution in [0, 0.1) is 0 Å². The third kappa shape index (κ3) is 9.95. The van der Waals surface area contributed by atoms with Crippen LogP contribution in [-0.2, 0) is 69.1 Å². The zero-order chi connectivity index (χ0) is 53.9. The minimum atomic E-state index is -5.54. The number of benzene rings is 3. The molecule has 0 N–H and O–H groups in total. The summed E-state index contributed by atoms with van der Waals surface area (Å²) in [6, 6.07) is 13.6. The van der Waals surface area contributed by atoms with Gasteiger partial charge in [0.15, 0.2) is 18.3 Å². The van der Waals surface area contributed by atoms with Gasteiger partial charge in [-0.3, -0.25) is 4.90 Å². The summed E-state index contributed by atoms with van der Waals surface area (Å²) in [4.78, 5) is 71.0. The highest BCUT2D eigenvalue weighted by atomic mass is 19.4. The Kier molecular flexibility index (Phi) is 16.5. The first-order chi connectivity index (χ1) is 35.0. The molecule has 0 aromatic heterocycles. The average molecular weight is 1060 g/mol. The maximum atomic E-state index is 15.2. The molecule has 7 rings (SSSR count). The largest absolute Gasteiger partial charge is 0.456 e. The molecule has 0 unspecified atom stereocenters. The van der Waals surface area contributed by atoms with Crippen LogP contribution in [0.2, 0.25) is 0 Å². The van der Waals surface area contributed by atoms with Crippen LogP contribution >= 0.6 is 0 Å². The van der Waals surface area contributed by atoms with Gasteiger partial charge in [-0.2, -0.15) is 39.5 Å². The van der Waals surface area contributed by atoms with Crippen LogP contribution < -0.4 is 0 Å². The maximum Gasteiger partial charge on any atom is 0.432 e. The van der Waals surface area contributed by atoms with Crippen molar-refractivity contribution in [2.24, 2.45) is 0 Å². The number of fused-ring (bicyclic) bond motifs is 2. The van der Waals surface area contributed by atoms with E-state index in [1.54, 1.807) is 0 Å². The van der Waals surface area contributed by atoms with Crippen LogP contribution in [0.15, 0.2) is 91.0 Å². The van der Waals surface area contributed by atoms with Crippen LogP contribution in [0.5, 0.6) is 0 Å². The SMILES string of the molecule is CO[C@@](C(=O)O[C@H]1[C@H](OC(=O)[C@](OC)(c2ccccc2)C(F)(F)F)[C@H]2COC(=O)N2[C@@H]1CCCCCC[C@H](OC(=O)[C@](OC)(c1ccccc1)C(F)(F)F)[C@H]1OC(=O)N2CCCC[C@H]12)(c1ccccc1)C(F)(F)F. The Labute approximate surface area is 418 Å². The number of esters is 3. The summed E-state index contributed by atoms with van der Waals surface area (Å²) < 4.78 is 178. The molecular formula is C50H53F9N2O13. The van der Waals surface area contributed by atoms with Crippen LogP contribution in [0.1, 0.15) is 74.5 Å². The summed E-state index contributed by atoms with van der Waals surface area (Å²) in [5, 5.41) is 0. The Morgan fingerprint density at radius 2 is 1.05 bits per heavy atom. The predicted molar refractivity (Wildman–Crippen MR) is 236 cm³/mol. The van der Waals surface area contributed by atoms with E-state index in [0.29, 0.717) is 47.1 Å². The second-order valence-electron chi connectivity index (χ2n) is 18.1. The van der Waals surface area contributed by atoms with Gasteiger partial charge in [-0.1, -0.05) is 110 Å². The van der Waals surface area contributed by atoms with Gasteiger partial charge in [0.25, 0.3) is 16.8 Å². The summed E-state index contributed by atoms with van der Waals surface area (Å²) >= 11 is 0. The fraction of sp³-hybridized carbons (Fsp3) is 0.540. The van der Waals surface area contributed by atoms with Crippen LogP contribution in [0.4, 0.5) is 49.1 Å². The van der Waals surface area contributed by atoms with Crippen molar-refractivity contribution in [3.05, 3.63) is 108 Å². The van der Waals surface area contributed by atoms with Gasteiger partial charge < -0.3 is 42.8 Å². The minimum absolute atomic E-state index is 0.0198. The monoisotopic (exact) mass is 1060 g/mol. The first-order valence-electron chi connectivity index (χ1n) is 23.6. The van der Waals surface area contributed by atoms with Gasteiger partial charge >= 0.3 is 48.6 Å². The quantitative estimate of drug-likeness (QED) is 0.0456. The minimum Gasteiger partial charge on any atom is -0.456 e. The molecule has 4 fully saturated rings. The van der Waals surface area contributed by atoms with Gasteiger partial charge in [0, 0.05) is 44.6 Å². The third-order valence-electron chi connectivity index (χ3n) is 14.2. The van der Waals surface area contributed by atoms with Crippen LogP contribution in [0.3, 0.4) is 0 Å². The number of rotatable bonds is 20. The number of alkyl halides is 9. The lowest BCUT2D eigenvalue weighted by Gasteiger charge is -2.36. The molecule has 404 valence electrons. The number of halogens is 9. The highest BCUT2D eigenvalue weighted by Gasteiger charge is 2.69. The van der Waals surface area contributed by atoms with Crippen molar-refractivity contribution in [3.63, 3.8) is 0 Å². The number of hydrogen-bond donors (Lipinski definition) is 0. The van der Waals surface area contributed by atoms with Crippen molar-refractivity contribution in [2.45, 2.75) is 136 Å². The summed E-state index contributed by atoms with van der Waals surface area (Å²) in [5.74, 6) is -6.03. The molecule has 3 aromatic rings. The molecule has 4 saturated heterocycles. The topological polar surface area (TPSA) is 166 Å². The highest BCUT2D eigenvalue weighted by Crippen LogP contribution is 2.49. The van der Waals surface area contributed by atoms with Gasteiger partial charge in [0.1, 0.15) is 18.8 Å². The molecule has 0 spiro atoms. The van der Waals surface area contributed by atoms with Crippen molar-refractivity contribution in [1.29, 1.82) is 0 Å². The van der Waals surface area contributed by atoms with Gasteiger partial charge in [0.05, 0.1) is 12.1 Å². The molecule has 0 radical (unpaired) electrons. The second-order valence-corrected chi connectivity index (χ2v) is 18.1. The Morgan fingerprint density at radius 3 is 1.53 bits per heavy atom. The van der Waals surface area contributed by atoms with E-state index < -0.39 is 131 Å². The molecule has 10 atom stereocenters. The molecule has 24 heteroatoms. The third-order valence-corrected chi connectivity index (χ3v) is 14.2. The Balaban J connectivity index is 1.16. The number of unbranched alkanes of at least 4 members (excludes halogenated alkanes) is 3. The molecule has 3 aromatic carbocycles. The van der Waals surface area contributed by atoms with Gasteiger partial charge in [0.2, 0.25) is 0 Å².